The normalized spacial score (nSPS) is 14.4. The van der Waals surface area contributed by atoms with Crippen LogP contribution in [0.4, 0.5) is 5.69 Å². The molecular formula is C25H31N5O3S. The van der Waals surface area contributed by atoms with E-state index < -0.39 is 10.0 Å². The van der Waals surface area contributed by atoms with E-state index in [1.807, 2.05) is 24.3 Å². The van der Waals surface area contributed by atoms with Crippen LogP contribution in [0.5, 0.6) is 0 Å². The Labute approximate surface area is 201 Å². The fraction of sp³-hybridized carbons (Fsp3) is 0.400. The van der Waals surface area contributed by atoms with Crippen LogP contribution in [-0.4, -0.2) is 47.5 Å². The molecule has 34 heavy (non-hydrogen) atoms. The van der Waals surface area contributed by atoms with Gasteiger partial charge in [-0.05, 0) is 74.2 Å². The largest absolute Gasteiger partial charge is 0.322 e. The number of nitrogens with one attached hydrogen (secondary N) is 1. The van der Waals surface area contributed by atoms with Gasteiger partial charge in [-0.1, -0.05) is 12.8 Å². The average molecular weight is 482 g/mol. The van der Waals surface area contributed by atoms with Crippen LogP contribution in [0, 0.1) is 13.8 Å². The van der Waals surface area contributed by atoms with Gasteiger partial charge in [-0.15, -0.1) is 10.2 Å². The van der Waals surface area contributed by atoms with Gasteiger partial charge in [0.1, 0.15) is 5.82 Å². The summed E-state index contributed by atoms with van der Waals surface area (Å²) < 4.78 is 28.8. The Kier molecular flexibility index (Phi) is 6.86. The minimum Gasteiger partial charge on any atom is -0.322 e. The number of hydrogen-bond acceptors (Lipinski definition) is 5. The molecule has 180 valence electrons. The topological polar surface area (TPSA) is 97.2 Å². The van der Waals surface area contributed by atoms with Crippen LogP contribution in [0.25, 0.3) is 11.4 Å². The Bertz CT molecular complexity index is 1310. The van der Waals surface area contributed by atoms with Crippen LogP contribution in [0.2, 0.25) is 0 Å². The molecule has 2 aromatic carbocycles. The molecule has 0 radical (unpaired) electrons. The van der Waals surface area contributed by atoms with Gasteiger partial charge in [0.05, 0.1) is 4.90 Å². The Morgan fingerprint density at radius 3 is 2.41 bits per heavy atom. The third kappa shape index (κ3) is 4.76. The Morgan fingerprint density at radius 1 is 1.00 bits per heavy atom. The van der Waals surface area contributed by atoms with E-state index in [0.29, 0.717) is 16.8 Å². The van der Waals surface area contributed by atoms with E-state index in [1.165, 1.54) is 33.0 Å². The van der Waals surface area contributed by atoms with Gasteiger partial charge in [0.25, 0.3) is 5.91 Å². The minimum absolute atomic E-state index is 0.140. The molecule has 1 aliphatic heterocycles. The maximum atomic E-state index is 13.0. The van der Waals surface area contributed by atoms with Crippen molar-refractivity contribution in [2.45, 2.75) is 57.4 Å². The van der Waals surface area contributed by atoms with Crippen LogP contribution in [0.3, 0.4) is 0 Å². The molecule has 1 N–H and O–H groups in total. The van der Waals surface area contributed by atoms with Gasteiger partial charge < -0.3 is 9.88 Å². The van der Waals surface area contributed by atoms with Crippen molar-refractivity contribution in [2.75, 3.05) is 19.4 Å². The van der Waals surface area contributed by atoms with Gasteiger partial charge in [0, 0.05) is 43.9 Å². The number of anilines is 1. The highest BCUT2D eigenvalue weighted by Gasteiger charge is 2.23. The summed E-state index contributed by atoms with van der Waals surface area (Å²) in [6.45, 7) is 4.47. The molecule has 0 atom stereocenters. The van der Waals surface area contributed by atoms with E-state index in [0.717, 1.165) is 52.9 Å². The molecule has 2 heterocycles. The van der Waals surface area contributed by atoms with Crippen LogP contribution >= 0.6 is 0 Å². The number of sulfonamides is 1. The summed E-state index contributed by atoms with van der Waals surface area (Å²) in [7, 11) is -0.703. The summed E-state index contributed by atoms with van der Waals surface area (Å²) >= 11 is 0. The van der Waals surface area contributed by atoms with Gasteiger partial charge in [-0.2, -0.15) is 0 Å². The van der Waals surface area contributed by atoms with Crippen molar-refractivity contribution in [1.82, 2.24) is 19.1 Å². The molecule has 9 heteroatoms. The Hall–Kier alpha value is -3.04. The number of rotatable bonds is 5. The van der Waals surface area contributed by atoms with Crippen molar-refractivity contribution in [1.29, 1.82) is 0 Å². The lowest BCUT2D eigenvalue weighted by atomic mass is 10.1. The maximum absolute atomic E-state index is 13.0. The van der Waals surface area contributed by atoms with Crippen molar-refractivity contribution in [3.8, 4) is 11.4 Å². The third-order valence-corrected chi connectivity index (χ3v) is 8.34. The molecule has 0 fully saturated rings. The lowest BCUT2D eigenvalue weighted by molar-refractivity contribution is 0.102. The number of amides is 1. The smallest absolute Gasteiger partial charge is 0.255 e. The third-order valence-electron chi connectivity index (χ3n) is 6.40. The fourth-order valence-electron chi connectivity index (χ4n) is 4.20. The summed E-state index contributed by atoms with van der Waals surface area (Å²) in [6.07, 6.45) is 5.66. The first-order valence-corrected chi connectivity index (χ1v) is 13.0. The molecule has 4 rings (SSSR count). The van der Waals surface area contributed by atoms with Gasteiger partial charge in [0.15, 0.2) is 5.82 Å². The van der Waals surface area contributed by atoms with E-state index >= 15 is 0 Å². The molecule has 0 unspecified atom stereocenters. The molecule has 0 aliphatic carbocycles. The predicted octanol–water partition coefficient (Wildman–Crippen LogP) is 4.18. The zero-order valence-electron chi connectivity index (χ0n) is 20.1. The Balaban J connectivity index is 1.56. The molecular weight excluding hydrogens is 450 g/mol. The first kappa shape index (κ1) is 24.1. The number of aryl methyl sites for hydroxylation is 2. The Morgan fingerprint density at radius 2 is 1.71 bits per heavy atom. The zero-order valence-corrected chi connectivity index (χ0v) is 20.9. The number of carbonyl (C=O) groups excluding carboxylic acids is 1. The molecule has 0 saturated carbocycles. The minimum atomic E-state index is -3.66. The van der Waals surface area contributed by atoms with E-state index in [4.69, 9.17) is 0 Å². The fourth-order valence-corrected chi connectivity index (χ4v) is 5.42. The maximum Gasteiger partial charge on any atom is 0.255 e. The molecule has 0 spiro atoms. The van der Waals surface area contributed by atoms with E-state index in [2.05, 4.69) is 20.1 Å². The van der Waals surface area contributed by atoms with Crippen molar-refractivity contribution in [3.63, 3.8) is 0 Å². The number of nitrogens with zero attached hydrogens (tertiary/aromatic N) is 4. The summed E-state index contributed by atoms with van der Waals surface area (Å²) in [5.74, 6) is 1.52. The van der Waals surface area contributed by atoms with Crippen molar-refractivity contribution >= 4 is 21.6 Å². The highest BCUT2D eigenvalue weighted by molar-refractivity contribution is 7.89. The van der Waals surface area contributed by atoms with Crippen molar-refractivity contribution in [3.05, 3.63) is 58.9 Å². The molecule has 8 nitrogen and oxygen atoms in total. The SMILES string of the molecule is Cc1cc(C(=O)Nc2ccc(-c3nnc4n3CCCCCC4)cc2)cc(S(=O)(=O)N(C)C)c1C. The van der Waals surface area contributed by atoms with Crippen molar-refractivity contribution in [2.24, 2.45) is 0 Å². The standard InChI is InChI=1S/C25H31N5O3S/c1-17-15-20(16-22(18(17)2)34(32,33)29(3)4)25(31)26-21-12-10-19(11-13-21)24-28-27-23-9-7-5-6-8-14-30(23)24/h10-13,15-16H,5-9,14H2,1-4H3,(H,26,31). The first-order valence-electron chi connectivity index (χ1n) is 11.6. The zero-order chi connectivity index (χ0) is 24.5. The summed E-state index contributed by atoms with van der Waals surface area (Å²) in [5, 5.41) is 11.7. The van der Waals surface area contributed by atoms with Crippen molar-refractivity contribution < 1.29 is 13.2 Å². The van der Waals surface area contributed by atoms with Crippen LogP contribution < -0.4 is 5.32 Å². The average Bonchev–Trinajstić information content (AvgIpc) is 3.17. The molecule has 3 aromatic rings. The quantitative estimate of drug-likeness (QED) is 0.590. The monoisotopic (exact) mass is 481 g/mol. The van der Waals surface area contributed by atoms with Gasteiger partial charge in [-0.25, -0.2) is 12.7 Å². The van der Waals surface area contributed by atoms with Gasteiger partial charge in [0.2, 0.25) is 10.0 Å². The molecule has 1 amide bonds. The molecule has 0 saturated heterocycles. The first-order chi connectivity index (χ1) is 16.2. The second kappa shape index (κ2) is 9.68. The highest BCUT2D eigenvalue weighted by atomic mass is 32.2. The lowest BCUT2D eigenvalue weighted by Gasteiger charge is -2.16. The summed E-state index contributed by atoms with van der Waals surface area (Å²) in [5.41, 5.74) is 3.25. The number of hydrogen-bond donors (Lipinski definition) is 1. The highest BCUT2D eigenvalue weighted by Crippen LogP contribution is 2.26. The summed E-state index contributed by atoms with van der Waals surface area (Å²) in [6, 6.07) is 10.7. The molecule has 1 aliphatic rings. The van der Waals surface area contributed by atoms with Crippen LogP contribution in [0.1, 0.15) is 53.0 Å². The number of carbonyl (C=O) groups is 1. The van der Waals surface area contributed by atoms with Crippen LogP contribution in [0.15, 0.2) is 41.3 Å². The number of aromatic nitrogens is 3. The van der Waals surface area contributed by atoms with Gasteiger partial charge >= 0.3 is 0 Å². The lowest BCUT2D eigenvalue weighted by Crippen LogP contribution is -2.24. The second-order valence-corrected chi connectivity index (χ2v) is 11.1. The molecule has 0 bridgehead atoms. The van der Waals surface area contributed by atoms with Crippen LogP contribution in [-0.2, 0) is 23.0 Å². The second-order valence-electron chi connectivity index (χ2n) is 8.99. The predicted molar refractivity (Wildman–Crippen MR) is 132 cm³/mol. The summed E-state index contributed by atoms with van der Waals surface area (Å²) in [4.78, 5) is 13.1. The van der Waals surface area contributed by atoms with E-state index in [1.54, 1.807) is 19.9 Å². The van der Waals surface area contributed by atoms with Gasteiger partial charge in [-0.3, -0.25) is 4.79 Å². The van der Waals surface area contributed by atoms with E-state index in [9.17, 15) is 13.2 Å². The molecule has 1 aromatic heterocycles. The number of fused-ring (bicyclic) bond motifs is 1. The number of benzene rings is 2. The van der Waals surface area contributed by atoms with E-state index in [-0.39, 0.29) is 10.8 Å².